The third-order valence-corrected chi connectivity index (χ3v) is 3.21. The van der Waals surface area contributed by atoms with E-state index in [1.54, 1.807) is 0 Å². The zero-order valence-electron chi connectivity index (χ0n) is 7.59. The number of ether oxygens (including phenoxy) is 1. The van der Waals surface area contributed by atoms with E-state index in [1.807, 2.05) is 0 Å². The highest BCUT2D eigenvalue weighted by atomic mass is 16.5. The lowest BCUT2D eigenvalue weighted by Gasteiger charge is -2.40. The van der Waals surface area contributed by atoms with Crippen molar-refractivity contribution in [1.29, 1.82) is 0 Å². The molecule has 12 heavy (non-hydrogen) atoms. The lowest BCUT2D eigenvalue weighted by Crippen LogP contribution is -2.40. The molecule has 70 valence electrons. The van der Waals surface area contributed by atoms with Gasteiger partial charge in [-0.05, 0) is 44.4 Å². The van der Waals surface area contributed by atoms with Crippen LogP contribution < -0.4 is 0 Å². The second kappa shape index (κ2) is 3.35. The number of aliphatic hydroxyl groups is 1. The Bertz CT molecular complexity index is 146. The maximum atomic E-state index is 9.91. The van der Waals surface area contributed by atoms with Gasteiger partial charge in [-0.1, -0.05) is 0 Å². The number of rotatable bonds is 2. The van der Waals surface area contributed by atoms with Gasteiger partial charge in [0.2, 0.25) is 0 Å². The van der Waals surface area contributed by atoms with Gasteiger partial charge in [0.05, 0.1) is 5.60 Å². The van der Waals surface area contributed by atoms with Crippen molar-refractivity contribution >= 4 is 0 Å². The highest BCUT2D eigenvalue weighted by molar-refractivity contribution is 4.89. The van der Waals surface area contributed by atoms with Gasteiger partial charge in [-0.3, -0.25) is 0 Å². The molecule has 0 aromatic carbocycles. The smallest absolute Gasteiger partial charge is 0.0651 e. The van der Waals surface area contributed by atoms with Gasteiger partial charge in [-0.2, -0.15) is 0 Å². The van der Waals surface area contributed by atoms with Crippen LogP contribution in [0, 0.1) is 5.92 Å². The van der Waals surface area contributed by atoms with Gasteiger partial charge < -0.3 is 9.84 Å². The predicted octanol–water partition coefficient (Wildman–Crippen LogP) is 1.72. The monoisotopic (exact) mass is 170 g/mol. The molecule has 2 aliphatic rings. The van der Waals surface area contributed by atoms with Crippen LogP contribution in [0.25, 0.3) is 0 Å². The molecule has 1 N–H and O–H groups in total. The van der Waals surface area contributed by atoms with Gasteiger partial charge in [0.25, 0.3) is 0 Å². The molecule has 1 aliphatic heterocycles. The van der Waals surface area contributed by atoms with E-state index in [9.17, 15) is 5.11 Å². The zero-order valence-corrected chi connectivity index (χ0v) is 7.59. The van der Waals surface area contributed by atoms with E-state index in [-0.39, 0.29) is 5.60 Å². The average Bonchev–Trinajstić information content (AvgIpc) is 2.04. The molecular weight excluding hydrogens is 152 g/mol. The predicted molar refractivity (Wildman–Crippen MR) is 47.0 cm³/mol. The van der Waals surface area contributed by atoms with Crippen LogP contribution in [0.15, 0.2) is 0 Å². The van der Waals surface area contributed by atoms with E-state index in [0.717, 1.165) is 32.5 Å². The van der Waals surface area contributed by atoms with Gasteiger partial charge in [-0.25, -0.2) is 0 Å². The number of hydrogen-bond acceptors (Lipinski definition) is 2. The van der Waals surface area contributed by atoms with E-state index < -0.39 is 0 Å². The lowest BCUT2D eigenvalue weighted by molar-refractivity contribution is -0.0708. The Morgan fingerprint density at radius 1 is 1.33 bits per heavy atom. The first kappa shape index (κ1) is 8.52. The maximum absolute atomic E-state index is 9.91. The van der Waals surface area contributed by atoms with Crippen LogP contribution in [0.1, 0.15) is 38.5 Å². The molecule has 1 heterocycles. The summed E-state index contributed by atoms with van der Waals surface area (Å²) in [6.45, 7) is 1.80. The molecule has 0 aromatic rings. The van der Waals surface area contributed by atoms with Crippen molar-refractivity contribution in [1.82, 2.24) is 0 Å². The summed E-state index contributed by atoms with van der Waals surface area (Å²) in [7, 11) is 0. The Morgan fingerprint density at radius 2 is 2.17 bits per heavy atom. The summed E-state index contributed by atoms with van der Waals surface area (Å²) in [5, 5.41) is 9.91. The summed E-state index contributed by atoms with van der Waals surface area (Å²) in [4.78, 5) is 0. The van der Waals surface area contributed by atoms with Crippen LogP contribution in [0.4, 0.5) is 0 Å². The molecule has 1 atom stereocenters. The Labute approximate surface area is 73.9 Å². The van der Waals surface area contributed by atoms with E-state index in [2.05, 4.69) is 0 Å². The minimum absolute atomic E-state index is 0.300. The second-order valence-electron chi connectivity index (χ2n) is 4.37. The van der Waals surface area contributed by atoms with Crippen molar-refractivity contribution in [3.05, 3.63) is 0 Å². The first-order chi connectivity index (χ1) is 5.79. The molecule has 1 aliphatic carbocycles. The van der Waals surface area contributed by atoms with Gasteiger partial charge in [-0.15, -0.1) is 0 Å². The highest BCUT2D eigenvalue weighted by Crippen LogP contribution is 2.38. The number of hydrogen-bond donors (Lipinski definition) is 1. The topological polar surface area (TPSA) is 29.5 Å². The van der Waals surface area contributed by atoms with Crippen molar-refractivity contribution in [3.63, 3.8) is 0 Å². The van der Waals surface area contributed by atoms with Crippen molar-refractivity contribution in [2.24, 2.45) is 5.92 Å². The molecule has 1 unspecified atom stereocenters. The van der Waals surface area contributed by atoms with Crippen LogP contribution in [0.3, 0.4) is 0 Å². The Balaban J connectivity index is 1.77. The van der Waals surface area contributed by atoms with Crippen molar-refractivity contribution in [2.45, 2.75) is 44.1 Å². The summed E-state index contributed by atoms with van der Waals surface area (Å²) in [5.74, 6) is 0.629. The van der Waals surface area contributed by atoms with Crippen LogP contribution in [0.5, 0.6) is 0 Å². The Kier molecular flexibility index (Phi) is 2.37. The second-order valence-corrected chi connectivity index (χ2v) is 4.37. The minimum atomic E-state index is -0.300. The van der Waals surface area contributed by atoms with Crippen molar-refractivity contribution in [2.75, 3.05) is 13.2 Å². The Morgan fingerprint density at radius 3 is 2.67 bits per heavy atom. The molecule has 0 radical (unpaired) electrons. The summed E-state index contributed by atoms with van der Waals surface area (Å²) >= 11 is 0. The standard InChI is InChI=1S/C10H18O2/c11-10(4-2-5-10)7-9-3-1-6-12-8-9/h9,11H,1-8H2. The summed E-state index contributed by atoms with van der Waals surface area (Å²) in [5.41, 5.74) is -0.300. The van der Waals surface area contributed by atoms with Gasteiger partial charge in [0.1, 0.15) is 0 Å². The van der Waals surface area contributed by atoms with Gasteiger partial charge >= 0.3 is 0 Å². The highest BCUT2D eigenvalue weighted by Gasteiger charge is 2.36. The quantitative estimate of drug-likeness (QED) is 0.683. The fourth-order valence-electron chi connectivity index (χ4n) is 2.29. The Hall–Kier alpha value is -0.0800. The molecule has 0 aromatic heterocycles. The van der Waals surface area contributed by atoms with E-state index in [1.165, 1.54) is 19.3 Å². The maximum Gasteiger partial charge on any atom is 0.0651 e. The SMILES string of the molecule is OC1(CC2CCCOC2)CCC1. The first-order valence-electron chi connectivity index (χ1n) is 5.09. The van der Waals surface area contributed by atoms with Crippen LogP contribution in [0.2, 0.25) is 0 Å². The summed E-state index contributed by atoms with van der Waals surface area (Å²) in [6, 6.07) is 0. The van der Waals surface area contributed by atoms with E-state index >= 15 is 0 Å². The molecule has 2 fully saturated rings. The molecule has 1 saturated carbocycles. The fourth-order valence-corrected chi connectivity index (χ4v) is 2.29. The molecule has 0 bridgehead atoms. The van der Waals surface area contributed by atoms with Crippen molar-refractivity contribution in [3.8, 4) is 0 Å². The largest absolute Gasteiger partial charge is 0.390 e. The molecular formula is C10H18O2. The fraction of sp³-hybridized carbons (Fsp3) is 1.00. The molecule has 1 saturated heterocycles. The molecule has 2 rings (SSSR count). The van der Waals surface area contributed by atoms with E-state index in [4.69, 9.17) is 4.74 Å². The average molecular weight is 170 g/mol. The lowest BCUT2D eigenvalue weighted by atomic mass is 9.73. The van der Waals surface area contributed by atoms with Crippen molar-refractivity contribution < 1.29 is 9.84 Å². The summed E-state index contributed by atoms with van der Waals surface area (Å²) in [6.07, 6.45) is 6.66. The minimum Gasteiger partial charge on any atom is -0.390 e. The zero-order chi connectivity index (χ0) is 8.44. The van der Waals surface area contributed by atoms with Crippen LogP contribution in [-0.2, 0) is 4.74 Å². The molecule has 2 nitrogen and oxygen atoms in total. The molecule has 0 amide bonds. The normalized spacial score (nSPS) is 34.2. The van der Waals surface area contributed by atoms with E-state index in [0.29, 0.717) is 5.92 Å². The molecule has 2 heteroatoms. The third-order valence-electron chi connectivity index (χ3n) is 3.21. The van der Waals surface area contributed by atoms with Gasteiger partial charge in [0, 0.05) is 13.2 Å². The van der Waals surface area contributed by atoms with Crippen LogP contribution in [-0.4, -0.2) is 23.9 Å². The first-order valence-corrected chi connectivity index (χ1v) is 5.09. The third kappa shape index (κ3) is 1.80. The summed E-state index contributed by atoms with van der Waals surface area (Å²) < 4.78 is 5.39. The van der Waals surface area contributed by atoms with Crippen LogP contribution >= 0.6 is 0 Å². The van der Waals surface area contributed by atoms with Gasteiger partial charge in [0.15, 0.2) is 0 Å². The molecule has 0 spiro atoms.